The van der Waals surface area contributed by atoms with Crippen molar-refractivity contribution in [3.63, 3.8) is 0 Å². The number of aryl methyl sites for hydroxylation is 1. The lowest BCUT2D eigenvalue weighted by Gasteiger charge is -2.31. The Morgan fingerprint density at radius 2 is 1.78 bits per heavy atom. The van der Waals surface area contributed by atoms with Gasteiger partial charge in [0.25, 0.3) is 11.8 Å². The molecule has 0 spiro atoms. The van der Waals surface area contributed by atoms with Crippen LogP contribution in [0.5, 0.6) is 0 Å². The van der Waals surface area contributed by atoms with E-state index in [2.05, 4.69) is 10.6 Å². The molecule has 0 atom stereocenters. The first-order valence-electron chi connectivity index (χ1n) is 10.9. The maximum atomic E-state index is 13.0. The zero-order valence-electron chi connectivity index (χ0n) is 17.8. The monoisotopic (exact) mass is 458 g/mol. The molecule has 1 aromatic heterocycles. The maximum absolute atomic E-state index is 13.0. The molecule has 0 bridgehead atoms. The first-order chi connectivity index (χ1) is 15.4. The predicted octanol–water partition coefficient (Wildman–Crippen LogP) is 2.70. The van der Waals surface area contributed by atoms with Gasteiger partial charge in [-0.1, -0.05) is 0 Å². The number of nitrogens with two attached hydrogens (primary N) is 1. The smallest absolute Gasteiger partial charge is 0.251 e. The van der Waals surface area contributed by atoms with E-state index in [0.717, 1.165) is 49.0 Å². The lowest BCUT2D eigenvalue weighted by Crippen LogP contribution is -2.46. The molecular formula is C23H27FN4O3S. The van der Waals surface area contributed by atoms with Crippen molar-refractivity contribution in [2.24, 2.45) is 5.73 Å². The van der Waals surface area contributed by atoms with Gasteiger partial charge in [-0.25, -0.2) is 4.39 Å². The van der Waals surface area contributed by atoms with Gasteiger partial charge in [0.1, 0.15) is 10.8 Å². The second-order valence-electron chi connectivity index (χ2n) is 8.36. The van der Waals surface area contributed by atoms with Crippen molar-refractivity contribution in [2.75, 3.05) is 25.0 Å². The number of halogens is 1. The summed E-state index contributed by atoms with van der Waals surface area (Å²) < 4.78 is 13.0. The first kappa shape index (κ1) is 22.4. The highest BCUT2D eigenvalue weighted by Crippen LogP contribution is 2.37. The number of primary amides is 1. The third kappa shape index (κ3) is 5.16. The average molecular weight is 459 g/mol. The molecule has 1 fully saturated rings. The fourth-order valence-electron chi connectivity index (χ4n) is 4.39. The van der Waals surface area contributed by atoms with E-state index in [-0.39, 0.29) is 30.2 Å². The Kier molecular flexibility index (Phi) is 6.86. The molecule has 1 aliphatic heterocycles. The fraction of sp³-hybridized carbons (Fsp3) is 0.435. The SMILES string of the molecule is NC(=O)c1c(NC(=O)CN2CCC(NC(=O)c3ccc(F)cc3)CC2)sc2c1CCCC2. The molecule has 4 rings (SSSR count). The molecule has 1 saturated heterocycles. The number of hydrogen-bond donors (Lipinski definition) is 3. The highest BCUT2D eigenvalue weighted by Gasteiger charge is 2.26. The number of nitrogens with zero attached hydrogens (tertiary/aromatic N) is 1. The summed E-state index contributed by atoms with van der Waals surface area (Å²) in [7, 11) is 0. The summed E-state index contributed by atoms with van der Waals surface area (Å²) in [6, 6.07) is 5.48. The van der Waals surface area contributed by atoms with Crippen LogP contribution in [0.2, 0.25) is 0 Å². The summed E-state index contributed by atoms with van der Waals surface area (Å²) in [5.41, 5.74) is 7.50. The Labute approximate surface area is 190 Å². The van der Waals surface area contributed by atoms with Crippen molar-refractivity contribution in [3.8, 4) is 0 Å². The third-order valence-electron chi connectivity index (χ3n) is 6.07. The third-order valence-corrected chi connectivity index (χ3v) is 7.27. The number of rotatable bonds is 6. The number of benzene rings is 1. The predicted molar refractivity (Wildman–Crippen MR) is 121 cm³/mol. The number of nitrogens with one attached hydrogen (secondary N) is 2. The number of piperidine rings is 1. The fourth-order valence-corrected chi connectivity index (χ4v) is 5.70. The summed E-state index contributed by atoms with van der Waals surface area (Å²) in [4.78, 5) is 40.1. The quantitative estimate of drug-likeness (QED) is 0.619. The van der Waals surface area contributed by atoms with Gasteiger partial charge in [-0.15, -0.1) is 11.3 Å². The zero-order valence-corrected chi connectivity index (χ0v) is 18.6. The minimum absolute atomic E-state index is 0.0114. The molecule has 3 amide bonds. The number of amides is 3. The standard InChI is InChI=1S/C23H27FN4O3S/c24-15-7-5-14(6-8-15)22(31)26-16-9-11-28(12-10-16)13-19(29)27-23-20(21(25)30)17-3-1-2-4-18(17)32-23/h5-8,16H,1-4,9-13H2,(H2,25,30)(H,26,31)(H,27,29). The van der Waals surface area contributed by atoms with Crippen molar-refractivity contribution in [1.29, 1.82) is 0 Å². The molecular weight excluding hydrogens is 431 g/mol. The normalized spacial score (nSPS) is 16.9. The van der Waals surface area contributed by atoms with Crippen molar-refractivity contribution in [1.82, 2.24) is 10.2 Å². The van der Waals surface area contributed by atoms with Crippen LogP contribution in [0.1, 0.15) is 56.8 Å². The van der Waals surface area contributed by atoms with Gasteiger partial charge in [-0.05, 0) is 68.4 Å². The van der Waals surface area contributed by atoms with E-state index in [1.54, 1.807) is 0 Å². The van der Waals surface area contributed by atoms with Gasteiger partial charge in [-0.2, -0.15) is 0 Å². The number of likely N-dealkylation sites (tertiary alicyclic amines) is 1. The second kappa shape index (κ2) is 9.79. The van der Waals surface area contributed by atoms with E-state index >= 15 is 0 Å². The van der Waals surface area contributed by atoms with E-state index in [0.29, 0.717) is 29.2 Å². The van der Waals surface area contributed by atoms with E-state index in [4.69, 9.17) is 5.73 Å². The molecule has 9 heteroatoms. The Bertz CT molecular complexity index is 1010. The molecule has 1 aliphatic carbocycles. The van der Waals surface area contributed by atoms with Gasteiger partial charge in [0.05, 0.1) is 12.1 Å². The van der Waals surface area contributed by atoms with Crippen molar-refractivity contribution in [2.45, 2.75) is 44.6 Å². The van der Waals surface area contributed by atoms with E-state index in [1.807, 2.05) is 4.90 Å². The number of hydrogen-bond acceptors (Lipinski definition) is 5. The van der Waals surface area contributed by atoms with Crippen LogP contribution in [0.25, 0.3) is 0 Å². The molecule has 1 aromatic carbocycles. The van der Waals surface area contributed by atoms with Crippen molar-refractivity contribution < 1.29 is 18.8 Å². The summed E-state index contributed by atoms with van der Waals surface area (Å²) in [6.45, 7) is 1.57. The van der Waals surface area contributed by atoms with Crippen molar-refractivity contribution >= 4 is 34.1 Å². The van der Waals surface area contributed by atoms with Crippen LogP contribution in [-0.4, -0.2) is 48.3 Å². The molecule has 0 radical (unpaired) electrons. The molecule has 170 valence electrons. The van der Waals surface area contributed by atoms with Gasteiger partial charge in [0, 0.05) is 29.6 Å². The lowest BCUT2D eigenvalue weighted by atomic mass is 9.95. The van der Waals surface area contributed by atoms with Crippen LogP contribution in [0.15, 0.2) is 24.3 Å². The topological polar surface area (TPSA) is 105 Å². The van der Waals surface area contributed by atoms with Crippen LogP contribution in [0.3, 0.4) is 0 Å². The van der Waals surface area contributed by atoms with Crippen LogP contribution < -0.4 is 16.4 Å². The molecule has 0 saturated carbocycles. The van der Waals surface area contributed by atoms with Crippen LogP contribution in [0, 0.1) is 5.82 Å². The van der Waals surface area contributed by atoms with Crippen molar-refractivity contribution in [3.05, 3.63) is 51.7 Å². The van der Waals surface area contributed by atoms with Crippen LogP contribution in [-0.2, 0) is 17.6 Å². The van der Waals surface area contributed by atoms with Gasteiger partial charge >= 0.3 is 0 Å². The number of fused-ring (bicyclic) bond motifs is 1. The summed E-state index contributed by atoms with van der Waals surface area (Å²) in [6.07, 6.45) is 5.32. The minimum atomic E-state index is -0.489. The average Bonchev–Trinajstić information content (AvgIpc) is 3.13. The molecule has 2 aromatic rings. The second-order valence-corrected chi connectivity index (χ2v) is 9.46. The highest BCUT2D eigenvalue weighted by atomic mass is 32.1. The number of carbonyl (C=O) groups excluding carboxylic acids is 3. The number of anilines is 1. The van der Waals surface area contributed by atoms with E-state index in [9.17, 15) is 18.8 Å². The van der Waals surface area contributed by atoms with Gasteiger partial charge in [0.15, 0.2) is 0 Å². The van der Waals surface area contributed by atoms with E-state index < -0.39 is 5.91 Å². The summed E-state index contributed by atoms with van der Waals surface area (Å²) in [5, 5.41) is 6.45. The molecule has 2 heterocycles. The number of carbonyl (C=O) groups is 3. The Hall–Kier alpha value is -2.78. The van der Waals surface area contributed by atoms with Gasteiger partial charge in [0.2, 0.25) is 5.91 Å². The Balaban J connectivity index is 1.28. The molecule has 7 nitrogen and oxygen atoms in total. The molecule has 0 unspecified atom stereocenters. The maximum Gasteiger partial charge on any atom is 0.251 e. The Morgan fingerprint density at radius 1 is 1.09 bits per heavy atom. The number of thiophene rings is 1. The largest absolute Gasteiger partial charge is 0.365 e. The highest BCUT2D eigenvalue weighted by molar-refractivity contribution is 7.17. The van der Waals surface area contributed by atoms with Crippen LogP contribution in [0.4, 0.5) is 9.39 Å². The molecule has 2 aliphatic rings. The summed E-state index contributed by atoms with van der Waals surface area (Å²) in [5.74, 6) is -1.25. The Morgan fingerprint density at radius 3 is 2.47 bits per heavy atom. The van der Waals surface area contributed by atoms with Gasteiger partial charge in [-0.3, -0.25) is 19.3 Å². The van der Waals surface area contributed by atoms with Crippen LogP contribution >= 0.6 is 11.3 Å². The molecule has 4 N–H and O–H groups in total. The lowest BCUT2D eigenvalue weighted by molar-refractivity contribution is -0.117. The first-order valence-corrected chi connectivity index (χ1v) is 11.8. The zero-order chi connectivity index (χ0) is 22.7. The van der Waals surface area contributed by atoms with Gasteiger partial charge < -0.3 is 16.4 Å². The summed E-state index contributed by atoms with van der Waals surface area (Å²) >= 11 is 1.46. The molecule has 32 heavy (non-hydrogen) atoms. The van der Waals surface area contributed by atoms with E-state index in [1.165, 1.54) is 35.6 Å². The minimum Gasteiger partial charge on any atom is -0.365 e.